The van der Waals surface area contributed by atoms with Gasteiger partial charge in [0.2, 0.25) is 0 Å². The minimum atomic E-state index is -0.272. The van der Waals surface area contributed by atoms with Gasteiger partial charge in [-0.2, -0.15) is 0 Å². The van der Waals surface area contributed by atoms with Crippen LogP contribution in [0.4, 0.5) is 0 Å². The molecule has 0 atom stereocenters. The number of carbonyl (C=O) groups is 1. The van der Waals surface area contributed by atoms with E-state index >= 15 is 0 Å². The first-order chi connectivity index (χ1) is 11.1. The lowest BCUT2D eigenvalue weighted by Crippen LogP contribution is -2.10. The Hall–Kier alpha value is -2.49. The third kappa shape index (κ3) is 2.44. The van der Waals surface area contributed by atoms with Crippen molar-refractivity contribution in [2.24, 2.45) is 0 Å². The number of hydrogen-bond acceptors (Lipinski definition) is 4. The molecule has 23 heavy (non-hydrogen) atoms. The predicted molar refractivity (Wildman–Crippen MR) is 90.3 cm³/mol. The van der Waals surface area contributed by atoms with E-state index in [1.54, 1.807) is 7.11 Å². The van der Waals surface area contributed by atoms with Crippen LogP contribution in [0.15, 0.2) is 28.7 Å². The number of esters is 1. The first kappa shape index (κ1) is 15.4. The average molecular weight is 312 g/mol. The number of furan rings is 1. The molecule has 4 heteroatoms. The topological polar surface area (TPSA) is 48.7 Å². The zero-order chi connectivity index (χ0) is 16.6. The summed E-state index contributed by atoms with van der Waals surface area (Å²) in [6.07, 6.45) is 0.741. The summed E-state index contributed by atoms with van der Waals surface area (Å²) >= 11 is 0. The molecule has 3 rings (SSSR count). The number of ether oxygens (including phenoxy) is 2. The van der Waals surface area contributed by atoms with Crippen molar-refractivity contribution in [3.63, 3.8) is 0 Å². The van der Waals surface area contributed by atoms with Crippen LogP contribution in [0.3, 0.4) is 0 Å². The molecule has 0 N–H and O–H groups in total. The summed E-state index contributed by atoms with van der Waals surface area (Å²) in [4.78, 5) is 12.4. The summed E-state index contributed by atoms with van der Waals surface area (Å²) < 4.78 is 16.5. The zero-order valence-electron chi connectivity index (χ0n) is 13.9. The fourth-order valence-electron chi connectivity index (χ4n) is 3.07. The molecule has 0 fully saturated rings. The molecule has 0 aliphatic heterocycles. The van der Waals surface area contributed by atoms with Crippen LogP contribution in [0.5, 0.6) is 5.75 Å². The van der Waals surface area contributed by atoms with Crippen LogP contribution in [-0.2, 0) is 11.2 Å². The van der Waals surface area contributed by atoms with Crippen LogP contribution in [0, 0.1) is 6.92 Å². The van der Waals surface area contributed by atoms with Gasteiger partial charge in [0.1, 0.15) is 16.9 Å². The fraction of sp³-hybridized carbons (Fsp3) is 0.316. The quantitative estimate of drug-likeness (QED) is 0.658. The maximum absolute atomic E-state index is 12.4. The molecular weight excluding hydrogens is 292 g/mol. The number of carbonyl (C=O) groups excluding carboxylic acids is 1. The number of benzene rings is 2. The lowest BCUT2D eigenvalue weighted by atomic mass is 9.95. The van der Waals surface area contributed by atoms with Gasteiger partial charge < -0.3 is 13.9 Å². The van der Waals surface area contributed by atoms with Gasteiger partial charge in [0, 0.05) is 16.8 Å². The Labute approximate surface area is 135 Å². The highest BCUT2D eigenvalue weighted by molar-refractivity contribution is 6.11. The van der Waals surface area contributed by atoms with Crippen molar-refractivity contribution in [1.82, 2.24) is 0 Å². The van der Waals surface area contributed by atoms with Crippen LogP contribution in [0.2, 0.25) is 0 Å². The standard InChI is InChI=1S/C19H20O4/c1-5-12-9-16-18(11(3)17(12)19(20)22-6-2)14-8-7-13(21-4)10-15(14)23-16/h7-10H,5-6H2,1-4H3. The zero-order valence-corrected chi connectivity index (χ0v) is 13.9. The van der Waals surface area contributed by atoms with Crippen LogP contribution >= 0.6 is 0 Å². The summed E-state index contributed by atoms with van der Waals surface area (Å²) in [5.74, 6) is 0.474. The van der Waals surface area contributed by atoms with Crippen molar-refractivity contribution in [2.75, 3.05) is 13.7 Å². The smallest absolute Gasteiger partial charge is 0.338 e. The second kappa shape index (κ2) is 5.95. The van der Waals surface area contributed by atoms with E-state index in [1.165, 1.54) is 0 Å². The van der Waals surface area contributed by atoms with Crippen molar-refractivity contribution in [1.29, 1.82) is 0 Å². The lowest BCUT2D eigenvalue weighted by molar-refractivity contribution is 0.0524. The Morgan fingerprint density at radius 3 is 2.61 bits per heavy atom. The van der Waals surface area contributed by atoms with Crippen LogP contribution < -0.4 is 4.74 Å². The molecule has 1 heterocycles. The molecule has 0 bridgehead atoms. The first-order valence-electron chi connectivity index (χ1n) is 7.80. The molecule has 0 saturated carbocycles. The Morgan fingerprint density at radius 2 is 1.96 bits per heavy atom. The van der Waals surface area contributed by atoms with Crippen LogP contribution in [0.1, 0.15) is 35.3 Å². The van der Waals surface area contributed by atoms with E-state index in [4.69, 9.17) is 13.9 Å². The summed E-state index contributed by atoms with van der Waals surface area (Å²) in [6, 6.07) is 7.67. The molecule has 0 radical (unpaired) electrons. The normalized spacial score (nSPS) is 11.1. The van der Waals surface area contributed by atoms with E-state index in [9.17, 15) is 4.79 Å². The highest BCUT2D eigenvalue weighted by atomic mass is 16.5. The van der Waals surface area contributed by atoms with E-state index < -0.39 is 0 Å². The molecule has 120 valence electrons. The van der Waals surface area contributed by atoms with E-state index in [0.717, 1.165) is 45.2 Å². The van der Waals surface area contributed by atoms with Crippen LogP contribution in [0.25, 0.3) is 21.9 Å². The second-order valence-corrected chi connectivity index (χ2v) is 5.45. The summed E-state index contributed by atoms with van der Waals surface area (Å²) in [6.45, 7) is 6.15. The molecule has 0 unspecified atom stereocenters. The minimum Gasteiger partial charge on any atom is -0.497 e. The van der Waals surface area contributed by atoms with Gasteiger partial charge in [-0.05, 0) is 49.6 Å². The summed E-state index contributed by atoms with van der Waals surface area (Å²) in [7, 11) is 1.63. The van der Waals surface area contributed by atoms with E-state index in [2.05, 4.69) is 0 Å². The molecule has 0 spiro atoms. The molecule has 0 saturated heterocycles. The highest BCUT2D eigenvalue weighted by Crippen LogP contribution is 2.36. The van der Waals surface area contributed by atoms with Gasteiger partial charge in [-0.1, -0.05) is 6.92 Å². The van der Waals surface area contributed by atoms with E-state index in [0.29, 0.717) is 12.2 Å². The van der Waals surface area contributed by atoms with E-state index in [1.807, 2.05) is 45.0 Å². The van der Waals surface area contributed by atoms with Crippen molar-refractivity contribution < 1.29 is 18.7 Å². The first-order valence-corrected chi connectivity index (χ1v) is 7.80. The molecule has 3 aromatic rings. The van der Waals surface area contributed by atoms with Crippen molar-refractivity contribution in [3.8, 4) is 5.75 Å². The molecule has 2 aromatic carbocycles. The third-order valence-electron chi connectivity index (χ3n) is 4.16. The number of methoxy groups -OCH3 is 1. The molecule has 0 aliphatic rings. The Bertz CT molecular complexity index is 889. The van der Waals surface area contributed by atoms with E-state index in [-0.39, 0.29) is 5.97 Å². The predicted octanol–water partition coefficient (Wildman–Crippen LogP) is 4.64. The van der Waals surface area contributed by atoms with Crippen molar-refractivity contribution >= 4 is 27.9 Å². The average Bonchev–Trinajstić information content (AvgIpc) is 2.91. The lowest BCUT2D eigenvalue weighted by Gasteiger charge is -2.11. The SMILES string of the molecule is CCOC(=O)c1c(CC)cc2oc3cc(OC)ccc3c2c1C. The monoisotopic (exact) mass is 312 g/mol. The fourth-order valence-corrected chi connectivity index (χ4v) is 3.07. The maximum atomic E-state index is 12.4. The molecule has 1 aromatic heterocycles. The highest BCUT2D eigenvalue weighted by Gasteiger charge is 2.21. The molecule has 0 amide bonds. The van der Waals surface area contributed by atoms with Crippen molar-refractivity contribution in [2.45, 2.75) is 27.2 Å². The van der Waals surface area contributed by atoms with Gasteiger partial charge >= 0.3 is 5.97 Å². The maximum Gasteiger partial charge on any atom is 0.338 e. The number of fused-ring (bicyclic) bond motifs is 3. The molecular formula is C19H20O4. The number of hydrogen-bond donors (Lipinski definition) is 0. The second-order valence-electron chi connectivity index (χ2n) is 5.45. The van der Waals surface area contributed by atoms with Crippen molar-refractivity contribution in [3.05, 3.63) is 41.0 Å². The molecule has 4 nitrogen and oxygen atoms in total. The van der Waals surface area contributed by atoms with Gasteiger partial charge in [0.25, 0.3) is 0 Å². The minimum absolute atomic E-state index is 0.272. The van der Waals surface area contributed by atoms with Gasteiger partial charge in [-0.25, -0.2) is 4.79 Å². The van der Waals surface area contributed by atoms with Gasteiger partial charge in [0.05, 0.1) is 19.3 Å². The van der Waals surface area contributed by atoms with Gasteiger partial charge in [-0.3, -0.25) is 0 Å². The molecule has 0 aliphatic carbocycles. The Balaban J connectivity index is 2.34. The van der Waals surface area contributed by atoms with Gasteiger partial charge in [-0.15, -0.1) is 0 Å². The Kier molecular flexibility index (Phi) is 3.99. The Morgan fingerprint density at radius 1 is 1.17 bits per heavy atom. The third-order valence-corrected chi connectivity index (χ3v) is 4.16. The van der Waals surface area contributed by atoms with Gasteiger partial charge in [0.15, 0.2) is 0 Å². The number of aryl methyl sites for hydroxylation is 2. The summed E-state index contributed by atoms with van der Waals surface area (Å²) in [5, 5.41) is 1.94. The number of rotatable bonds is 4. The largest absolute Gasteiger partial charge is 0.497 e. The van der Waals surface area contributed by atoms with Crippen LogP contribution in [-0.4, -0.2) is 19.7 Å². The summed E-state index contributed by atoms with van der Waals surface area (Å²) in [5.41, 5.74) is 4.04.